The minimum atomic E-state index is 0.271. The van der Waals surface area contributed by atoms with E-state index in [2.05, 4.69) is 26.3 Å². The zero-order chi connectivity index (χ0) is 12.4. The van der Waals surface area contributed by atoms with Crippen molar-refractivity contribution in [3.8, 4) is 5.75 Å². The van der Waals surface area contributed by atoms with E-state index in [-0.39, 0.29) is 5.75 Å². The first-order chi connectivity index (χ1) is 8.08. The third-order valence-electron chi connectivity index (χ3n) is 2.64. The number of phenols is 1. The molecule has 1 aromatic heterocycles. The summed E-state index contributed by atoms with van der Waals surface area (Å²) in [6, 6.07) is 7.55. The minimum absolute atomic E-state index is 0.271. The van der Waals surface area contributed by atoms with Crippen LogP contribution in [0.2, 0.25) is 0 Å². The second kappa shape index (κ2) is 4.79. The van der Waals surface area contributed by atoms with Crippen LogP contribution in [0.5, 0.6) is 5.75 Å². The number of anilines is 1. The number of benzene rings is 1. The topological polar surface area (TPSA) is 50.1 Å². The summed E-state index contributed by atoms with van der Waals surface area (Å²) in [5.74, 6) is 1.08. The van der Waals surface area contributed by atoms with E-state index >= 15 is 0 Å². The molecule has 0 bridgehead atoms. The number of para-hydroxylation sites is 1. The lowest BCUT2D eigenvalue weighted by Crippen LogP contribution is -2.01. The van der Waals surface area contributed by atoms with Crippen molar-refractivity contribution in [2.75, 3.05) is 5.32 Å². The van der Waals surface area contributed by atoms with Crippen molar-refractivity contribution in [2.24, 2.45) is 7.05 Å². The van der Waals surface area contributed by atoms with Gasteiger partial charge in [-0.2, -0.15) is 5.10 Å². The molecule has 90 valence electrons. The summed E-state index contributed by atoms with van der Waals surface area (Å²) in [4.78, 5) is 0. The minimum Gasteiger partial charge on any atom is -0.506 e. The molecule has 0 aliphatic rings. The molecule has 0 saturated heterocycles. The second-order valence-electron chi connectivity index (χ2n) is 3.90. The van der Waals surface area contributed by atoms with Gasteiger partial charge in [-0.05, 0) is 28.9 Å². The second-order valence-corrected chi connectivity index (χ2v) is 4.75. The molecule has 0 fully saturated rings. The molecule has 2 rings (SSSR count). The Labute approximate surface area is 108 Å². The van der Waals surface area contributed by atoms with E-state index in [1.165, 1.54) is 0 Å². The SMILES string of the molecule is Cc1cc(NCc2cccc(Br)c2O)nn1C. The van der Waals surface area contributed by atoms with Gasteiger partial charge in [0.1, 0.15) is 11.6 Å². The summed E-state index contributed by atoms with van der Waals surface area (Å²) in [7, 11) is 1.90. The zero-order valence-electron chi connectivity index (χ0n) is 9.74. The van der Waals surface area contributed by atoms with Crippen LogP contribution in [-0.2, 0) is 13.6 Å². The lowest BCUT2D eigenvalue weighted by molar-refractivity contribution is 0.465. The van der Waals surface area contributed by atoms with Gasteiger partial charge in [-0.25, -0.2) is 0 Å². The molecule has 17 heavy (non-hydrogen) atoms. The molecule has 0 aliphatic carbocycles. The molecular formula is C12H14BrN3O. The lowest BCUT2D eigenvalue weighted by atomic mass is 10.2. The normalized spacial score (nSPS) is 10.5. The van der Waals surface area contributed by atoms with Gasteiger partial charge >= 0.3 is 0 Å². The van der Waals surface area contributed by atoms with Crippen molar-refractivity contribution in [2.45, 2.75) is 13.5 Å². The fraction of sp³-hybridized carbons (Fsp3) is 0.250. The molecule has 1 heterocycles. The van der Waals surface area contributed by atoms with Crippen LogP contribution < -0.4 is 5.32 Å². The third kappa shape index (κ3) is 2.61. The average molecular weight is 296 g/mol. The molecule has 2 N–H and O–H groups in total. The molecule has 0 saturated carbocycles. The Morgan fingerprint density at radius 3 is 2.88 bits per heavy atom. The van der Waals surface area contributed by atoms with Gasteiger partial charge < -0.3 is 10.4 Å². The van der Waals surface area contributed by atoms with Gasteiger partial charge in [0.15, 0.2) is 0 Å². The van der Waals surface area contributed by atoms with E-state index in [0.717, 1.165) is 17.1 Å². The van der Waals surface area contributed by atoms with Crippen molar-refractivity contribution >= 4 is 21.7 Å². The summed E-state index contributed by atoms with van der Waals surface area (Å²) < 4.78 is 2.51. The molecule has 0 radical (unpaired) electrons. The number of nitrogens with one attached hydrogen (secondary N) is 1. The van der Waals surface area contributed by atoms with Crippen LogP contribution in [-0.4, -0.2) is 14.9 Å². The van der Waals surface area contributed by atoms with E-state index < -0.39 is 0 Å². The average Bonchev–Trinajstić information content (AvgIpc) is 2.61. The summed E-state index contributed by atoms with van der Waals surface area (Å²) >= 11 is 3.29. The molecule has 1 aromatic carbocycles. The molecular weight excluding hydrogens is 282 g/mol. The number of nitrogens with zero attached hydrogens (tertiary/aromatic N) is 2. The maximum atomic E-state index is 9.82. The number of hydrogen-bond donors (Lipinski definition) is 2. The fourth-order valence-electron chi connectivity index (χ4n) is 1.54. The maximum Gasteiger partial charge on any atom is 0.148 e. The van der Waals surface area contributed by atoms with E-state index in [1.807, 2.05) is 42.9 Å². The molecule has 0 aliphatic heterocycles. The zero-order valence-corrected chi connectivity index (χ0v) is 11.3. The van der Waals surface area contributed by atoms with Gasteiger partial charge in [-0.15, -0.1) is 0 Å². The highest BCUT2D eigenvalue weighted by atomic mass is 79.9. The number of aromatic nitrogens is 2. The molecule has 0 unspecified atom stereocenters. The Morgan fingerprint density at radius 1 is 1.47 bits per heavy atom. The van der Waals surface area contributed by atoms with Gasteiger partial charge in [0.2, 0.25) is 0 Å². The quantitative estimate of drug-likeness (QED) is 0.915. The Morgan fingerprint density at radius 2 is 2.24 bits per heavy atom. The number of rotatable bonds is 3. The van der Waals surface area contributed by atoms with Gasteiger partial charge in [0.25, 0.3) is 0 Å². The van der Waals surface area contributed by atoms with Gasteiger partial charge in [0.05, 0.1) is 4.47 Å². The van der Waals surface area contributed by atoms with Crippen LogP contribution in [0, 0.1) is 6.92 Å². The van der Waals surface area contributed by atoms with Crippen molar-refractivity contribution < 1.29 is 5.11 Å². The van der Waals surface area contributed by atoms with Crippen molar-refractivity contribution in [1.82, 2.24) is 9.78 Å². The summed E-state index contributed by atoms with van der Waals surface area (Å²) in [5, 5.41) is 17.3. The highest BCUT2D eigenvalue weighted by molar-refractivity contribution is 9.10. The van der Waals surface area contributed by atoms with Crippen LogP contribution in [0.4, 0.5) is 5.82 Å². The number of aryl methyl sites for hydroxylation is 2. The van der Waals surface area contributed by atoms with Crippen LogP contribution >= 0.6 is 15.9 Å². The van der Waals surface area contributed by atoms with E-state index in [4.69, 9.17) is 0 Å². The first-order valence-corrected chi connectivity index (χ1v) is 6.08. The summed E-state index contributed by atoms with van der Waals surface area (Å²) in [6.07, 6.45) is 0. The molecule has 0 amide bonds. The van der Waals surface area contributed by atoms with E-state index in [0.29, 0.717) is 11.0 Å². The van der Waals surface area contributed by atoms with Crippen LogP contribution in [0.1, 0.15) is 11.3 Å². The predicted octanol–water partition coefficient (Wildman–Crippen LogP) is 2.81. The standard InChI is InChI=1S/C12H14BrN3O/c1-8-6-11(15-16(8)2)14-7-9-4-3-5-10(13)12(9)17/h3-6,17H,7H2,1-2H3,(H,14,15). The van der Waals surface area contributed by atoms with Crippen LogP contribution in [0.15, 0.2) is 28.7 Å². The van der Waals surface area contributed by atoms with E-state index in [9.17, 15) is 5.11 Å². The molecule has 4 nitrogen and oxygen atoms in total. The van der Waals surface area contributed by atoms with Gasteiger partial charge in [0, 0.05) is 30.9 Å². The Kier molecular flexibility index (Phi) is 3.38. The largest absolute Gasteiger partial charge is 0.506 e. The number of halogens is 1. The molecule has 0 atom stereocenters. The predicted molar refractivity (Wildman–Crippen MR) is 71.1 cm³/mol. The summed E-state index contributed by atoms with van der Waals surface area (Å²) in [6.45, 7) is 2.54. The van der Waals surface area contributed by atoms with Crippen molar-refractivity contribution in [1.29, 1.82) is 0 Å². The third-order valence-corrected chi connectivity index (χ3v) is 3.28. The van der Waals surface area contributed by atoms with Crippen LogP contribution in [0.25, 0.3) is 0 Å². The Bertz CT molecular complexity index is 517. The van der Waals surface area contributed by atoms with Gasteiger partial charge in [-0.3, -0.25) is 4.68 Å². The summed E-state index contributed by atoms with van der Waals surface area (Å²) in [5.41, 5.74) is 1.92. The molecule has 5 heteroatoms. The fourth-order valence-corrected chi connectivity index (χ4v) is 1.94. The van der Waals surface area contributed by atoms with E-state index in [1.54, 1.807) is 0 Å². The first-order valence-electron chi connectivity index (χ1n) is 5.29. The first kappa shape index (κ1) is 12.0. The smallest absolute Gasteiger partial charge is 0.148 e. The number of aromatic hydroxyl groups is 1. The monoisotopic (exact) mass is 295 g/mol. The lowest BCUT2D eigenvalue weighted by Gasteiger charge is -2.06. The van der Waals surface area contributed by atoms with Crippen molar-refractivity contribution in [3.05, 3.63) is 40.0 Å². The Hall–Kier alpha value is -1.49. The highest BCUT2D eigenvalue weighted by Crippen LogP contribution is 2.27. The maximum absolute atomic E-state index is 9.82. The Balaban J connectivity index is 2.10. The number of hydrogen-bond acceptors (Lipinski definition) is 3. The van der Waals surface area contributed by atoms with Gasteiger partial charge in [-0.1, -0.05) is 12.1 Å². The van der Waals surface area contributed by atoms with Crippen molar-refractivity contribution in [3.63, 3.8) is 0 Å². The molecule has 0 spiro atoms. The number of phenolic OH excluding ortho intramolecular Hbond substituents is 1. The van der Waals surface area contributed by atoms with Crippen LogP contribution in [0.3, 0.4) is 0 Å². The highest BCUT2D eigenvalue weighted by Gasteiger charge is 2.05. The molecule has 2 aromatic rings.